The van der Waals surface area contributed by atoms with Crippen LogP contribution >= 0.6 is 0 Å². The van der Waals surface area contributed by atoms with Crippen LogP contribution in [0.2, 0.25) is 0 Å². The molecule has 56 valence electrons. The Morgan fingerprint density at radius 3 is 2.60 bits per heavy atom. The predicted molar refractivity (Wildman–Crippen MR) is 46.7 cm³/mol. The van der Waals surface area contributed by atoms with E-state index >= 15 is 0 Å². The lowest BCUT2D eigenvalue weighted by molar-refractivity contribution is 0.594. The molecule has 0 amide bonds. The van der Waals surface area contributed by atoms with Crippen molar-refractivity contribution in [1.29, 1.82) is 0 Å². The Bertz CT molecular complexity index is 144. The minimum absolute atomic E-state index is 0.779. The first-order valence-corrected chi connectivity index (χ1v) is 3.80. The minimum Gasteiger partial charge on any atom is -0.115 e. The van der Waals surface area contributed by atoms with Crippen LogP contribution in [-0.4, -0.2) is 0 Å². The van der Waals surface area contributed by atoms with Gasteiger partial charge in [0.1, 0.15) is 0 Å². The summed E-state index contributed by atoms with van der Waals surface area (Å²) in [5, 5.41) is 0. The quantitative estimate of drug-likeness (QED) is 0.523. The first-order valence-electron chi connectivity index (χ1n) is 3.80. The Kier molecular flexibility index (Phi) is 4.76. The fourth-order valence-electron chi connectivity index (χ4n) is 0.692. The third-order valence-electron chi connectivity index (χ3n) is 1.42. The number of terminal acetylenes is 1. The van der Waals surface area contributed by atoms with Crippen molar-refractivity contribution in [3.8, 4) is 12.3 Å². The van der Waals surface area contributed by atoms with E-state index in [-0.39, 0.29) is 0 Å². The molecule has 0 rings (SSSR count). The average molecular weight is 136 g/mol. The lowest BCUT2D eigenvalue weighted by atomic mass is 10.1. The Morgan fingerprint density at radius 1 is 1.60 bits per heavy atom. The van der Waals surface area contributed by atoms with Crippen molar-refractivity contribution in [2.75, 3.05) is 0 Å². The van der Waals surface area contributed by atoms with E-state index in [4.69, 9.17) is 6.42 Å². The van der Waals surface area contributed by atoms with E-state index in [0.717, 1.165) is 17.9 Å². The summed E-state index contributed by atoms with van der Waals surface area (Å²) in [6.45, 7) is 6.42. The molecule has 0 fully saturated rings. The van der Waals surface area contributed by atoms with E-state index in [2.05, 4.69) is 25.8 Å². The molecule has 0 saturated heterocycles. The zero-order valence-corrected chi connectivity index (χ0v) is 7.15. The van der Waals surface area contributed by atoms with Gasteiger partial charge in [-0.2, -0.15) is 0 Å². The summed E-state index contributed by atoms with van der Waals surface area (Å²) in [7, 11) is 0. The third kappa shape index (κ3) is 5.44. The molecular weight excluding hydrogens is 120 g/mol. The number of hydrogen-bond acceptors (Lipinski definition) is 0. The van der Waals surface area contributed by atoms with Gasteiger partial charge in [0.15, 0.2) is 0 Å². The average Bonchev–Trinajstić information content (AvgIpc) is 1.87. The summed E-state index contributed by atoms with van der Waals surface area (Å²) in [5.74, 6) is 3.38. The van der Waals surface area contributed by atoms with Crippen LogP contribution in [0.3, 0.4) is 0 Å². The highest BCUT2D eigenvalue weighted by atomic mass is 14.0. The van der Waals surface area contributed by atoms with E-state index < -0.39 is 0 Å². The zero-order chi connectivity index (χ0) is 7.98. The molecule has 0 aliphatic carbocycles. The van der Waals surface area contributed by atoms with E-state index in [1.165, 1.54) is 6.42 Å². The van der Waals surface area contributed by atoms with Crippen LogP contribution in [0.15, 0.2) is 11.6 Å². The number of allylic oxidation sites excluding steroid dienone is 2. The summed E-state index contributed by atoms with van der Waals surface area (Å²) in [5.41, 5.74) is 1.06. The minimum atomic E-state index is 0.779. The van der Waals surface area contributed by atoms with Crippen molar-refractivity contribution in [2.45, 2.75) is 33.6 Å². The predicted octanol–water partition coefficient (Wildman–Crippen LogP) is 3.00. The van der Waals surface area contributed by atoms with Gasteiger partial charge in [0.25, 0.3) is 0 Å². The Balaban J connectivity index is 3.46. The zero-order valence-electron chi connectivity index (χ0n) is 7.15. The van der Waals surface area contributed by atoms with Crippen LogP contribution in [0, 0.1) is 18.3 Å². The highest BCUT2D eigenvalue weighted by Gasteiger charge is 1.90. The molecule has 0 aromatic rings. The van der Waals surface area contributed by atoms with Gasteiger partial charge in [0.2, 0.25) is 0 Å². The molecule has 0 saturated carbocycles. The maximum atomic E-state index is 5.17. The number of hydrogen-bond donors (Lipinski definition) is 0. The van der Waals surface area contributed by atoms with Crippen molar-refractivity contribution in [3.63, 3.8) is 0 Å². The molecule has 0 heterocycles. The van der Waals surface area contributed by atoms with Crippen LogP contribution in [0.1, 0.15) is 33.6 Å². The van der Waals surface area contributed by atoms with E-state index in [9.17, 15) is 0 Å². The Labute approximate surface area is 64.3 Å². The maximum Gasteiger partial charge on any atom is -0.00533 e. The summed E-state index contributed by atoms with van der Waals surface area (Å²) in [6, 6.07) is 0. The van der Waals surface area contributed by atoms with Gasteiger partial charge < -0.3 is 0 Å². The van der Waals surface area contributed by atoms with Gasteiger partial charge in [-0.25, -0.2) is 0 Å². The molecule has 0 aliphatic heterocycles. The second-order valence-corrected chi connectivity index (χ2v) is 3.00. The highest BCUT2D eigenvalue weighted by molar-refractivity contribution is 5.21. The standard InChI is InChI=1S/C10H16/c1-5-10(4)8-6-7-9(2)3/h1,8-9H,6-7H2,2-4H3. The molecular formula is C10H16. The summed E-state index contributed by atoms with van der Waals surface area (Å²) < 4.78 is 0. The third-order valence-corrected chi connectivity index (χ3v) is 1.42. The molecule has 0 atom stereocenters. The summed E-state index contributed by atoms with van der Waals surface area (Å²) in [4.78, 5) is 0. The highest BCUT2D eigenvalue weighted by Crippen LogP contribution is 2.05. The molecule has 0 aromatic heterocycles. The second-order valence-electron chi connectivity index (χ2n) is 3.00. The lowest BCUT2D eigenvalue weighted by Crippen LogP contribution is -1.84. The van der Waals surface area contributed by atoms with Gasteiger partial charge in [-0.05, 0) is 31.3 Å². The van der Waals surface area contributed by atoms with Crippen molar-refractivity contribution in [3.05, 3.63) is 11.6 Å². The largest absolute Gasteiger partial charge is 0.115 e. The molecule has 0 aliphatic rings. The van der Waals surface area contributed by atoms with Crippen molar-refractivity contribution < 1.29 is 0 Å². The van der Waals surface area contributed by atoms with E-state index in [1.54, 1.807) is 0 Å². The van der Waals surface area contributed by atoms with Crippen LogP contribution < -0.4 is 0 Å². The Hall–Kier alpha value is -0.700. The molecule has 0 radical (unpaired) electrons. The molecule has 0 spiro atoms. The second kappa shape index (κ2) is 5.11. The maximum absolute atomic E-state index is 5.17. The van der Waals surface area contributed by atoms with Gasteiger partial charge in [0.05, 0.1) is 0 Å². The number of rotatable bonds is 3. The SMILES string of the molecule is C#CC(C)=CCCC(C)C. The monoisotopic (exact) mass is 136 g/mol. The Morgan fingerprint density at radius 2 is 2.20 bits per heavy atom. The fourth-order valence-corrected chi connectivity index (χ4v) is 0.692. The molecule has 10 heavy (non-hydrogen) atoms. The van der Waals surface area contributed by atoms with Gasteiger partial charge in [-0.1, -0.05) is 25.8 Å². The molecule has 0 aromatic carbocycles. The van der Waals surface area contributed by atoms with E-state index in [1.807, 2.05) is 6.92 Å². The summed E-state index contributed by atoms with van der Waals surface area (Å²) in [6.07, 6.45) is 9.65. The van der Waals surface area contributed by atoms with E-state index in [0.29, 0.717) is 0 Å². The van der Waals surface area contributed by atoms with Crippen LogP contribution in [0.4, 0.5) is 0 Å². The molecule has 0 N–H and O–H groups in total. The summed E-state index contributed by atoms with van der Waals surface area (Å²) >= 11 is 0. The van der Waals surface area contributed by atoms with Gasteiger partial charge in [-0.15, -0.1) is 6.42 Å². The first kappa shape index (κ1) is 9.30. The van der Waals surface area contributed by atoms with Crippen molar-refractivity contribution in [1.82, 2.24) is 0 Å². The van der Waals surface area contributed by atoms with Crippen molar-refractivity contribution in [2.24, 2.45) is 5.92 Å². The van der Waals surface area contributed by atoms with Crippen LogP contribution in [0.5, 0.6) is 0 Å². The van der Waals surface area contributed by atoms with Crippen molar-refractivity contribution >= 4 is 0 Å². The van der Waals surface area contributed by atoms with Crippen LogP contribution in [0.25, 0.3) is 0 Å². The molecule has 0 bridgehead atoms. The smallest absolute Gasteiger partial charge is 0.00533 e. The normalized spacial score (nSPS) is 11.7. The molecule has 0 heteroatoms. The topological polar surface area (TPSA) is 0 Å². The first-order chi connectivity index (χ1) is 4.66. The van der Waals surface area contributed by atoms with Crippen LogP contribution in [-0.2, 0) is 0 Å². The van der Waals surface area contributed by atoms with Gasteiger partial charge in [-0.3, -0.25) is 0 Å². The van der Waals surface area contributed by atoms with Gasteiger partial charge >= 0.3 is 0 Å². The molecule has 0 unspecified atom stereocenters. The van der Waals surface area contributed by atoms with Gasteiger partial charge in [0, 0.05) is 0 Å². The fraction of sp³-hybridized carbons (Fsp3) is 0.600. The lowest BCUT2D eigenvalue weighted by Gasteiger charge is -1.98. The molecule has 0 nitrogen and oxygen atoms in total.